The molecule has 7 N–H and O–H groups in total. The van der Waals surface area contributed by atoms with Gasteiger partial charge in [-0.25, -0.2) is 0 Å². The fraction of sp³-hybridized carbons (Fsp3) is 0.250. The molecule has 3 aromatic carbocycles. The molecule has 0 radical (unpaired) electrons. The summed E-state index contributed by atoms with van der Waals surface area (Å²) in [6, 6.07) is 21.7. The molecule has 0 saturated heterocycles. The van der Waals surface area contributed by atoms with Crippen molar-refractivity contribution in [2.45, 2.75) is 50.4 Å². The number of nitrogens with two attached hydrogens (primary N) is 1. The minimum Gasteiger partial charge on any atom is -0.480 e. The predicted molar refractivity (Wildman–Crippen MR) is 159 cm³/mol. The summed E-state index contributed by atoms with van der Waals surface area (Å²) in [6.45, 7) is 1.34. The van der Waals surface area contributed by atoms with Gasteiger partial charge in [0.1, 0.15) is 18.1 Å². The van der Waals surface area contributed by atoms with E-state index in [1.807, 2.05) is 66.9 Å². The molecule has 3 amide bonds. The zero-order chi connectivity index (χ0) is 30.1. The average molecular weight is 570 g/mol. The Morgan fingerprint density at radius 2 is 1.21 bits per heavy atom. The van der Waals surface area contributed by atoms with Crippen LogP contribution in [0.25, 0.3) is 10.9 Å². The first kappa shape index (κ1) is 30.0. The number of carboxylic acid groups (broad SMARTS) is 1. The maximum atomic E-state index is 13.7. The molecular weight excluding hydrogens is 534 g/mol. The van der Waals surface area contributed by atoms with E-state index in [-0.39, 0.29) is 19.3 Å². The molecule has 0 saturated carbocycles. The Bertz CT molecular complexity index is 1520. The molecule has 1 aromatic heterocycles. The van der Waals surface area contributed by atoms with Crippen molar-refractivity contribution in [3.63, 3.8) is 0 Å². The van der Waals surface area contributed by atoms with Crippen LogP contribution < -0.4 is 21.7 Å². The average Bonchev–Trinajstić information content (AvgIpc) is 3.39. The van der Waals surface area contributed by atoms with Gasteiger partial charge in [0, 0.05) is 29.9 Å². The Morgan fingerprint density at radius 1 is 0.714 bits per heavy atom. The highest BCUT2D eigenvalue weighted by molar-refractivity contribution is 5.94. The first-order chi connectivity index (χ1) is 20.2. The lowest BCUT2D eigenvalue weighted by Crippen LogP contribution is -2.58. The molecule has 4 rings (SSSR count). The molecule has 0 aliphatic rings. The smallest absolute Gasteiger partial charge is 0.325 e. The number of carbonyl (C=O) groups is 4. The lowest BCUT2D eigenvalue weighted by molar-refractivity contribution is -0.141. The molecule has 4 atom stereocenters. The fourth-order valence-corrected chi connectivity index (χ4v) is 4.68. The maximum absolute atomic E-state index is 13.7. The molecule has 0 fully saturated rings. The number of carboxylic acids is 1. The zero-order valence-corrected chi connectivity index (χ0v) is 23.2. The van der Waals surface area contributed by atoms with Gasteiger partial charge in [-0.3, -0.25) is 19.2 Å². The summed E-state index contributed by atoms with van der Waals surface area (Å²) in [5.41, 5.74) is 9.68. The molecular formula is C32H35N5O5. The summed E-state index contributed by atoms with van der Waals surface area (Å²) in [6.07, 6.45) is 2.35. The molecule has 1 heterocycles. The van der Waals surface area contributed by atoms with Gasteiger partial charge in [0.05, 0.1) is 6.04 Å². The molecule has 10 nitrogen and oxygen atoms in total. The van der Waals surface area contributed by atoms with E-state index < -0.39 is 47.9 Å². The first-order valence-electron chi connectivity index (χ1n) is 13.7. The van der Waals surface area contributed by atoms with Crippen LogP contribution in [0.2, 0.25) is 0 Å². The number of aromatic nitrogens is 1. The number of nitrogens with one attached hydrogen (secondary N) is 4. The number of carbonyl (C=O) groups excluding carboxylic acids is 3. The van der Waals surface area contributed by atoms with Crippen molar-refractivity contribution in [1.82, 2.24) is 20.9 Å². The van der Waals surface area contributed by atoms with E-state index in [9.17, 15) is 24.3 Å². The minimum atomic E-state index is -1.20. The molecule has 0 aliphatic heterocycles. The summed E-state index contributed by atoms with van der Waals surface area (Å²) in [5, 5.41) is 18.2. The van der Waals surface area contributed by atoms with Crippen molar-refractivity contribution in [3.05, 3.63) is 108 Å². The molecule has 4 aromatic rings. The zero-order valence-electron chi connectivity index (χ0n) is 23.2. The molecule has 42 heavy (non-hydrogen) atoms. The Kier molecular flexibility index (Phi) is 10.1. The number of hydrogen-bond acceptors (Lipinski definition) is 5. The highest BCUT2D eigenvalue weighted by Crippen LogP contribution is 2.19. The van der Waals surface area contributed by atoms with Gasteiger partial charge in [-0.15, -0.1) is 0 Å². The van der Waals surface area contributed by atoms with Crippen LogP contribution in [0.1, 0.15) is 23.6 Å². The monoisotopic (exact) mass is 569 g/mol. The number of aromatic amines is 1. The number of hydrogen-bond donors (Lipinski definition) is 6. The van der Waals surface area contributed by atoms with Gasteiger partial charge in [0.15, 0.2) is 0 Å². The molecule has 218 valence electrons. The second-order valence-corrected chi connectivity index (χ2v) is 10.2. The Hall–Kier alpha value is -4.96. The van der Waals surface area contributed by atoms with Crippen LogP contribution in [0, 0.1) is 0 Å². The van der Waals surface area contributed by atoms with Crippen molar-refractivity contribution in [2.75, 3.05) is 0 Å². The summed E-state index contributed by atoms with van der Waals surface area (Å²) in [4.78, 5) is 54.5. The van der Waals surface area contributed by atoms with Crippen LogP contribution >= 0.6 is 0 Å². The number of amides is 3. The predicted octanol–water partition coefficient (Wildman–Crippen LogP) is 2.08. The highest BCUT2D eigenvalue weighted by atomic mass is 16.4. The SMILES string of the molecule is CC(NC(=O)C(Cc1ccccc1)NC(=O)C(Cc1ccccc1)NC(=O)C(N)Cc1c[nH]c2ccccc12)C(=O)O. The molecule has 0 bridgehead atoms. The van der Waals surface area contributed by atoms with Crippen molar-refractivity contribution >= 4 is 34.6 Å². The standard InChI is InChI=1S/C32H35N5O5/c1-20(32(41)42)35-30(39)27(16-21-10-4-2-5-11-21)37-31(40)28(17-22-12-6-3-7-13-22)36-29(38)25(33)18-23-19-34-26-15-9-8-14-24(23)26/h2-15,19-20,25,27-28,34H,16-18,33H2,1H3,(H,35,39)(H,36,38)(H,37,40)(H,41,42). The summed E-state index contributed by atoms with van der Waals surface area (Å²) in [7, 11) is 0. The molecule has 0 aliphatic carbocycles. The second-order valence-electron chi connectivity index (χ2n) is 10.2. The van der Waals surface area contributed by atoms with Gasteiger partial charge >= 0.3 is 5.97 Å². The van der Waals surface area contributed by atoms with Gasteiger partial charge < -0.3 is 31.8 Å². The highest BCUT2D eigenvalue weighted by Gasteiger charge is 2.30. The maximum Gasteiger partial charge on any atom is 0.325 e. The van der Waals surface area contributed by atoms with E-state index in [1.54, 1.807) is 24.3 Å². The third-order valence-corrected chi connectivity index (χ3v) is 7.01. The van der Waals surface area contributed by atoms with E-state index in [0.717, 1.165) is 27.6 Å². The van der Waals surface area contributed by atoms with Crippen LogP contribution in [-0.2, 0) is 38.4 Å². The van der Waals surface area contributed by atoms with E-state index in [0.29, 0.717) is 0 Å². The van der Waals surface area contributed by atoms with E-state index in [4.69, 9.17) is 5.73 Å². The van der Waals surface area contributed by atoms with Gasteiger partial charge in [-0.2, -0.15) is 0 Å². The number of para-hydroxylation sites is 1. The van der Waals surface area contributed by atoms with Crippen LogP contribution in [0.15, 0.2) is 91.1 Å². The summed E-state index contributed by atoms with van der Waals surface area (Å²) >= 11 is 0. The van der Waals surface area contributed by atoms with Crippen LogP contribution in [-0.4, -0.2) is 57.9 Å². The number of benzene rings is 3. The van der Waals surface area contributed by atoms with E-state index in [1.165, 1.54) is 6.92 Å². The topological polar surface area (TPSA) is 166 Å². The third-order valence-electron chi connectivity index (χ3n) is 7.01. The van der Waals surface area contributed by atoms with Crippen molar-refractivity contribution < 1.29 is 24.3 Å². The van der Waals surface area contributed by atoms with Gasteiger partial charge in [0.2, 0.25) is 17.7 Å². The van der Waals surface area contributed by atoms with Gasteiger partial charge in [-0.1, -0.05) is 78.9 Å². The minimum absolute atomic E-state index is 0.122. The number of H-pyrrole nitrogens is 1. The van der Waals surface area contributed by atoms with Gasteiger partial charge in [0.25, 0.3) is 0 Å². The number of fused-ring (bicyclic) bond motifs is 1. The Balaban J connectivity index is 1.52. The largest absolute Gasteiger partial charge is 0.480 e. The quantitative estimate of drug-likeness (QED) is 0.144. The first-order valence-corrected chi connectivity index (χ1v) is 13.7. The Labute approximate surface area is 243 Å². The van der Waals surface area contributed by atoms with Crippen molar-refractivity contribution in [1.29, 1.82) is 0 Å². The third kappa shape index (κ3) is 8.05. The fourth-order valence-electron chi connectivity index (χ4n) is 4.68. The van der Waals surface area contributed by atoms with Crippen LogP contribution in [0.5, 0.6) is 0 Å². The lowest BCUT2D eigenvalue weighted by Gasteiger charge is -2.25. The van der Waals surface area contributed by atoms with Gasteiger partial charge in [-0.05, 0) is 36.1 Å². The molecule has 0 spiro atoms. The normalized spacial score (nSPS) is 13.9. The summed E-state index contributed by atoms with van der Waals surface area (Å²) in [5.74, 6) is -2.96. The molecule has 4 unspecified atom stereocenters. The van der Waals surface area contributed by atoms with E-state index in [2.05, 4.69) is 20.9 Å². The Morgan fingerprint density at radius 3 is 1.79 bits per heavy atom. The van der Waals surface area contributed by atoms with Crippen molar-refractivity contribution in [3.8, 4) is 0 Å². The number of aliphatic carboxylic acids is 1. The van der Waals surface area contributed by atoms with E-state index >= 15 is 0 Å². The lowest BCUT2D eigenvalue weighted by atomic mass is 10.0. The molecule has 10 heteroatoms. The number of rotatable bonds is 13. The summed E-state index contributed by atoms with van der Waals surface area (Å²) < 4.78 is 0. The van der Waals surface area contributed by atoms with Crippen molar-refractivity contribution in [2.24, 2.45) is 5.73 Å². The van der Waals surface area contributed by atoms with Crippen LogP contribution in [0.4, 0.5) is 0 Å². The second kappa shape index (κ2) is 14.1. The van der Waals surface area contributed by atoms with Crippen LogP contribution in [0.3, 0.4) is 0 Å².